The minimum absolute atomic E-state index is 0.490. The van der Waals surface area contributed by atoms with E-state index in [0.29, 0.717) is 5.56 Å². The van der Waals surface area contributed by atoms with Crippen LogP contribution in [-0.2, 0) is 4.79 Å². The first-order chi connectivity index (χ1) is 7.65. The summed E-state index contributed by atoms with van der Waals surface area (Å²) in [7, 11) is 0. The highest BCUT2D eigenvalue weighted by Gasteiger charge is 2.12. The van der Waals surface area contributed by atoms with Crippen LogP contribution in [0.1, 0.15) is 23.3 Å². The van der Waals surface area contributed by atoms with Gasteiger partial charge in [0.2, 0.25) is 0 Å². The van der Waals surface area contributed by atoms with Crippen LogP contribution in [-0.4, -0.2) is 16.8 Å². The van der Waals surface area contributed by atoms with Crippen LogP contribution < -0.4 is 5.11 Å². The monoisotopic (exact) mass is 216 g/mol. The summed E-state index contributed by atoms with van der Waals surface area (Å²) < 4.78 is 1.54. The number of para-hydroxylation sites is 1. The summed E-state index contributed by atoms with van der Waals surface area (Å²) in [6.07, 6.45) is 2.26. The second-order valence-electron chi connectivity index (χ2n) is 3.62. The molecule has 4 heteroatoms. The van der Waals surface area contributed by atoms with Crippen molar-refractivity contribution in [2.45, 2.75) is 13.0 Å². The van der Waals surface area contributed by atoms with Gasteiger partial charge >= 0.3 is 0 Å². The molecular formula is C12H10NO3-. The summed E-state index contributed by atoms with van der Waals surface area (Å²) >= 11 is 0. The maximum Gasteiger partial charge on any atom is 0.152 e. The van der Waals surface area contributed by atoms with Gasteiger partial charge in [-0.3, -0.25) is 4.79 Å². The van der Waals surface area contributed by atoms with Gasteiger partial charge in [-0.1, -0.05) is 18.2 Å². The number of aromatic nitrogens is 1. The molecule has 4 nitrogen and oxygen atoms in total. The number of hydrogen-bond donors (Lipinski definition) is 0. The van der Waals surface area contributed by atoms with E-state index in [1.165, 1.54) is 17.7 Å². The van der Waals surface area contributed by atoms with Crippen LogP contribution in [0.15, 0.2) is 30.5 Å². The van der Waals surface area contributed by atoms with E-state index in [-0.39, 0.29) is 0 Å². The SMILES string of the molecule is C[C@@H](C(=O)[O-])n1cc(C=O)c2ccccc21. The molecule has 0 bridgehead atoms. The zero-order valence-corrected chi connectivity index (χ0v) is 8.71. The van der Waals surface area contributed by atoms with Crippen LogP contribution in [0.4, 0.5) is 0 Å². The number of hydrogen-bond acceptors (Lipinski definition) is 3. The summed E-state index contributed by atoms with van der Waals surface area (Å²) in [6.45, 7) is 1.52. The van der Waals surface area contributed by atoms with Gasteiger partial charge in [0.15, 0.2) is 6.29 Å². The van der Waals surface area contributed by atoms with Gasteiger partial charge in [-0.2, -0.15) is 0 Å². The number of fused-ring (bicyclic) bond motifs is 1. The maximum absolute atomic E-state index is 10.8. The quantitative estimate of drug-likeness (QED) is 0.712. The summed E-state index contributed by atoms with van der Waals surface area (Å²) in [5.41, 5.74) is 1.21. The van der Waals surface area contributed by atoms with Crippen LogP contribution in [0.3, 0.4) is 0 Å². The molecule has 0 aliphatic carbocycles. The van der Waals surface area contributed by atoms with Crippen LogP contribution in [0, 0.1) is 0 Å². The zero-order chi connectivity index (χ0) is 11.7. The molecule has 0 radical (unpaired) electrons. The highest BCUT2D eigenvalue weighted by atomic mass is 16.4. The number of nitrogens with zero attached hydrogens (tertiary/aromatic N) is 1. The lowest BCUT2D eigenvalue weighted by Gasteiger charge is -2.15. The molecule has 0 aliphatic heterocycles. The fraction of sp³-hybridized carbons (Fsp3) is 0.167. The van der Waals surface area contributed by atoms with Crippen molar-refractivity contribution in [1.82, 2.24) is 4.57 Å². The first-order valence-corrected chi connectivity index (χ1v) is 4.90. The Balaban J connectivity index is 2.71. The second-order valence-corrected chi connectivity index (χ2v) is 3.62. The van der Waals surface area contributed by atoms with Gasteiger partial charge in [-0.25, -0.2) is 0 Å². The lowest BCUT2D eigenvalue weighted by molar-refractivity contribution is -0.309. The number of carboxylic acid groups (broad SMARTS) is 1. The van der Waals surface area contributed by atoms with E-state index >= 15 is 0 Å². The van der Waals surface area contributed by atoms with Crippen LogP contribution in [0.25, 0.3) is 10.9 Å². The van der Waals surface area contributed by atoms with Gasteiger partial charge in [0, 0.05) is 22.7 Å². The predicted molar refractivity (Wildman–Crippen MR) is 57.0 cm³/mol. The summed E-state index contributed by atoms with van der Waals surface area (Å²) in [5.74, 6) is -1.17. The van der Waals surface area contributed by atoms with Crippen LogP contribution in [0.2, 0.25) is 0 Å². The highest BCUT2D eigenvalue weighted by molar-refractivity contribution is 5.98. The van der Waals surface area contributed by atoms with Gasteiger partial charge in [-0.05, 0) is 13.0 Å². The van der Waals surface area contributed by atoms with E-state index in [2.05, 4.69) is 0 Å². The van der Waals surface area contributed by atoms with Crippen molar-refractivity contribution in [3.8, 4) is 0 Å². The fourth-order valence-electron chi connectivity index (χ4n) is 1.76. The average Bonchev–Trinajstić information content (AvgIpc) is 2.66. The fourth-order valence-corrected chi connectivity index (χ4v) is 1.76. The Morgan fingerprint density at radius 2 is 2.12 bits per heavy atom. The molecule has 0 amide bonds. The molecule has 1 heterocycles. The number of aliphatic carboxylic acids is 1. The first-order valence-electron chi connectivity index (χ1n) is 4.90. The molecule has 2 rings (SSSR count). The van der Waals surface area contributed by atoms with E-state index in [0.717, 1.165) is 17.2 Å². The summed E-state index contributed by atoms with van der Waals surface area (Å²) in [4.78, 5) is 21.7. The molecule has 16 heavy (non-hydrogen) atoms. The zero-order valence-electron chi connectivity index (χ0n) is 8.71. The minimum Gasteiger partial charge on any atom is -0.548 e. The number of carboxylic acids is 1. The van der Waals surface area contributed by atoms with Crippen LogP contribution in [0.5, 0.6) is 0 Å². The number of aldehydes is 1. The van der Waals surface area contributed by atoms with Crippen molar-refractivity contribution in [3.63, 3.8) is 0 Å². The van der Waals surface area contributed by atoms with Crippen molar-refractivity contribution in [2.75, 3.05) is 0 Å². The van der Waals surface area contributed by atoms with Gasteiger partial charge in [0.25, 0.3) is 0 Å². The molecule has 0 saturated carbocycles. The second kappa shape index (κ2) is 3.81. The number of benzene rings is 1. The first kappa shape index (κ1) is 10.4. The predicted octanol–water partition coefficient (Wildman–Crippen LogP) is 0.765. The van der Waals surface area contributed by atoms with Gasteiger partial charge in [-0.15, -0.1) is 0 Å². The molecular weight excluding hydrogens is 206 g/mol. The van der Waals surface area contributed by atoms with Gasteiger partial charge in [0.1, 0.15) is 0 Å². The number of carbonyl (C=O) groups is 2. The normalized spacial score (nSPS) is 12.6. The lowest BCUT2D eigenvalue weighted by Crippen LogP contribution is -2.31. The molecule has 0 spiro atoms. The number of rotatable bonds is 3. The lowest BCUT2D eigenvalue weighted by atomic mass is 10.2. The van der Waals surface area contributed by atoms with E-state index in [4.69, 9.17) is 0 Å². The highest BCUT2D eigenvalue weighted by Crippen LogP contribution is 2.23. The minimum atomic E-state index is -1.17. The average molecular weight is 216 g/mol. The molecule has 0 fully saturated rings. The van der Waals surface area contributed by atoms with Crippen molar-refractivity contribution >= 4 is 23.2 Å². The molecule has 1 aromatic carbocycles. The molecule has 0 aliphatic rings. The van der Waals surface area contributed by atoms with Crippen molar-refractivity contribution < 1.29 is 14.7 Å². The van der Waals surface area contributed by atoms with E-state index in [9.17, 15) is 14.7 Å². The molecule has 0 N–H and O–H groups in total. The topological polar surface area (TPSA) is 62.1 Å². The largest absolute Gasteiger partial charge is 0.548 e. The van der Waals surface area contributed by atoms with Crippen molar-refractivity contribution in [3.05, 3.63) is 36.0 Å². The van der Waals surface area contributed by atoms with Crippen LogP contribution >= 0.6 is 0 Å². The van der Waals surface area contributed by atoms with E-state index in [1.54, 1.807) is 18.2 Å². The third-order valence-electron chi connectivity index (χ3n) is 2.66. The van der Waals surface area contributed by atoms with E-state index in [1.807, 2.05) is 6.07 Å². The summed E-state index contributed by atoms with van der Waals surface area (Å²) in [6, 6.07) is 6.39. The third-order valence-corrected chi connectivity index (χ3v) is 2.66. The Labute approximate surface area is 92.1 Å². The van der Waals surface area contributed by atoms with Crippen molar-refractivity contribution in [1.29, 1.82) is 0 Å². The van der Waals surface area contributed by atoms with Gasteiger partial charge < -0.3 is 14.5 Å². The molecule has 1 aromatic heterocycles. The Morgan fingerprint density at radius 1 is 1.44 bits per heavy atom. The standard InChI is InChI=1S/C12H11NO3/c1-8(12(15)16)13-6-9(7-14)10-4-2-3-5-11(10)13/h2-8H,1H3,(H,15,16)/p-1/t8-/m0/s1. The Kier molecular flexibility index (Phi) is 2.48. The Morgan fingerprint density at radius 3 is 2.75 bits per heavy atom. The Bertz CT molecular complexity index is 556. The third kappa shape index (κ3) is 1.48. The van der Waals surface area contributed by atoms with E-state index < -0.39 is 12.0 Å². The molecule has 82 valence electrons. The molecule has 0 saturated heterocycles. The molecule has 2 aromatic rings. The van der Waals surface area contributed by atoms with Crippen molar-refractivity contribution in [2.24, 2.45) is 0 Å². The smallest absolute Gasteiger partial charge is 0.152 e. The molecule has 0 unspecified atom stereocenters. The Hall–Kier alpha value is -2.10. The number of carbonyl (C=O) groups excluding carboxylic acids is 2. The summed E-state index contributed by atoms with van der Waals surface area (Å²) in [5, 5.41) is 11.6. The van der Waals surface area contributed by atoms with Gasteiger partial charge in [0.05, 0.1) is 12.0 Å². The molecule has 1 atom stereocenters. The maximum atomic E-state index is 10.8.